The Morgan fingerprint density at radius 1 is 1.14 bits per heavy atom. The molecule has 194 valence electrons. The lowest BCUT2D eigenvalue weighted by atomic mass is 10.2. The van der Waals surface area contributed by atoms with Gasteiger partial charge < -0.3 is 14.4 Å². The largest absolute Gasteiger partial charge is 0.497 e. The van der Waals surface area contributed by atoms with Crippen LogP contribution in [-0.4, -0.2) is 89.1 Å². The van der Waals surface area contributed by atoms with Gasteiger partial charge in [-0.25, -0.2) is 13.4 Å². The SMILES string of the molecule is COc1ccc2nc(N(CCN(C)C)C(=O)c3ccc(S(=O)(=O)N(C)CC4CCCO4)cc3)sc2c1. The van der Waals surface area contributed by atoms with Crippen LogP contribution in [0.4, 0.5) is 5.13 Å². The molecule has 2 aromatic carbocycles. The minimum atomic E-state index is -3.69. The summed E-state index contributed by atoms with van der Waals surface area (Å²) in [5.74, 6) is 0.490. The van der Waals surface area contributed by atoms with E-state index in [0.29, 0.717) is 36.9 Å². The first kappa shape index (κ1) is 26.5. The normalized spacial score (nSPS) is 16.2. The summed E-state index contributed by atoms with van der Waals surface area (Å²) < 4.78 is 39.2. The van der Waals surface area contributed by atoms with Gasteiger partial charge in [-0.3, -0.25) is 9.69 Å². The van der Waals surface area contributed by atoms with Crippen molar-refractivity contribution in [3.05, 3.63) is 48.0 Å². The first-order chi connectivity index (χ1) is 17.2. The molecule has 1 atom stereocenters. The number of benzene rings is 2. The van der Waals surface area contributed by atoms with Crippen LogP contribution in [0.25, 0.3) is 10.2 Å². The maximum Gasteiger partial charge on any atom is 0.260 e. The van der Waals surface area contributed by atoms with Crippen LogP contribution in [0.15, 0.2) is 47.4 Å². The highest BCUT2D eigenvalue weighted by molar-refractivity contribution is 7.89. The maximum atomic E-state index is 13.6. The van der Waals surface area contributed by atoms with E-state index in [1.165, 1.54) is 27.8 Å². The van der Waals surface area contributed by atoms with Gasteiger partial charge in [0.1, 0.15) is 5.75 Å². The highest BCUT2D eigenvalue weighted by Crippen LogP contribution is 2.32. The molecule has 1 amide bonds. The topological polar surface area (TPSA) is 92.3 Å². The first-order valence-electron chi connectivity index (χ1n) is 11.8. The van der Waals surface area contributed by atoms with E-state index >= 15 is 0 Å². The molecule has 11 heteroatoms. The van der Waals surface area contributed by atoms with Crippen LogP contribution in [0.1, 0.15) is 23.2 Å². The molecule has 0 aliphatic carbocycles. The zero-order valence-corrected chi connectivity index (χ0v) is 22.6. The smallest absolute Gasteiger partial charge is 0.260 e. The van der Waals surface area contributed by atoms with E-state index in [1.54, 1.807) is 31.2 Å². The fourth-order valence-corrected chi connectivity index (χ4v) is 6.22. The van der Waals surface area contributed by atoms with Crippen LogP contribution >= 0.6 is 11.3 Å². The van der Waals surface area contributed by atoms with E-state index in [9.17, 15) is 13.2 Å². The van der Waals surface area contributed by atoms with E-state index in [-0.39, 0.29) is 16.9 Å². The average Bonchev–Trinajstić information content (AvgIpc) is 3.53. The number of sulfonamides is 1. The Morgan fingerprint density at radius 3 is 2.53 bits per heavy atom. The van der Waals surface area contributed by atoms with Gasteiger partial charge in [-0.1, -0.05) is 11.3 Å². The van der Waals surface area contributed by atoms with Crippen molar-refractivity contribution in [3.63, 3.8) is 0 Å². The van der Waals surface area contributed by atoms with E-state index in [4.69, 9.17) is 9.47 Å². The highest BCUT2D eigenvalue weighted by atomic mass is 32.2. The molecule has 3 aromatic rings. The number of methoxy groups -OCH3 is 1. The van der Waals surface area contributed by atoms with Crippen molar-refractivity contribution in [2.75, 3.05) is 59.4 Å². The van der Waals surface area contributed by atoms with Gasteiger partial charge in [0, 0.05) is 38.9 Å². The van der Waals surface area contributed by atoms with Crippen molar-refractivity contribution < 1.29 is 22.7 Å². The molecule has 9 nitrogen and oxygen atoms in total. The second kappa shape index (κ2) is 11.2. The minimum absolute atomic E-state index is 0.0790. The molecule has 0 bridgehead atoms. The summed E-state index contributed by atoms with van der Waals surface area (Å²) in [7, 11) is 3.37. The van der Waals surface area contributed by atoms with Crippen molar-refractivity contribution in [2.45, 2.75) is 23.8 Å². The van der Waals surface area contributed by atoms with Gasteiger partial charge in [0.15, 0.2) is 5.13 Å². The van der Waals surface area contributed by atoms with Crippen LogP contribution in [0.5, 0.6) is 5.75 Å². The van der Waals surface area contributed by atoms with Gasteiger partial charge in [-0.05, 0) is 69.4 Å². The van der Waals surface area contributed by atoms with Crippen molar-refractivity contribution in [2.24, 2.45) is 0 Å². The third-order valence-corrected chi connectivity index (χ3v) is 9.00. The molecule has 4 rings (SSSR count). The molecule has 1 unspecified atom stereocenters. The highest BCUT2D eigenvalue weighted by Gasteiger charge is 2.27. The van der Waals surface area contributed by atoms with E-state index in [1.807, 2.05) is 37.2 Å². The molecule has 2 heterocycles. The maximum absolute atomic E-state index is 13.6. The zero-order valence-electron chi connectivity index (χ0n) is 21.0. The number of hydrogen-bond acceptors (Lipinski definition) is 8. The van der Waals surface area contributed by atoms with Crippen molar-refractivity contribution >= 4 is 42.6 Å². The monoisotopic (exact) mass is 532 g/mol. The molecule has 1 aromatic heterocycles. The molecule has 1 aliphatic heterocycles. The predicted molar refractivity (Wildman–Crippen MR) is 142 cm³/mol. The number of aromatic nitrogens is 1. The second-order valence-corrected chi connectivity index (χ2v) is 12.1. The molecule has 1 saturated heterocycles. The Kier molecular flexibility index (Phi) is 8.26. The van der Waals surface area contributed by atoms with Crippen molar-refractivity contribution in [3.8, 4) is 5.75 Å². The summed E-state index contributed by atoms with van der Waals surface area (Å²) in [5.41, 5.74) is 1.18. The fourth-order valence-electron chi connectivity index (χ4n) is 4.00. The molecule has 1 aliphatic rings. The number of thiazole rings is 1. The first-order valence-corrected chi connectivity index (χ1v) is 14.0. The third-order valence-electron chi connectivity index (χ3n) is 6.13. The van der Waals surface area contributed by atoms with Crippen LogP contribution in [0.2, 0.25) is 0 Å². The molecule has 0 radical (unpaired) electrons. The number of hydrogen-bond donors (Lipinski definition) is 0. The average molecular weight is 533 g/mol. The molecule has 36 heavy (non-hydrogen) atoms. The third kappa shape index (κ3) is 5.87. The Labute approximate surface area is 216 Å². The Morgan fingerprint density at radius 2 is 1.89 bits per heavy atom. The zero-order chi connectivity index (χ0) is 25.9. The van der Waals surface area contributed by atoms with Crippen molar-refractivity contribution in [1.29, 1.82) is 0 Å². The number of nitrogens with zero attached hydrogens (tertiary/aromatic N) is 4. The van der Waals surface area contributed by atoms with Gasteiger partial charge in [0.05, 0.1) is 28.3 Å². The number of likely N-dealkylation sites (N-methyl/N-ethyl adjacent to an activating group) is 2. The molecular formula is C25H32N4O5S2. The van der Waals surface area contributed by atoms with Gasteiger partial charge in [0.25, 0.3) is 5.91 Å². The second-order valence-electron chi connectivity index (χ2n) is 9.04. The van der Waals surface area contributed by atoms with Gasteiger partial charge in [0.2, 0.25) is 10.0 Å². The summed E-state index contributed by atoms with van der Waals surface area (Å²) in [6.45, 7) is 2.06. The van der Waals surface area contributed by atoms with Gasteiger partial charge in [-0.2, -0.15) is 4.31 Å². The molecule has 0 N–H and O–H groups in total. The fraction of sp³-hybridized carbons (Fsp3) is 0.440. The molecular weight excluding hydrogens is 500 g/mol. The van der Waals surface area contributed by atoms with E-state index in [0.717, 1.165) is 28.8 Å². The molecule has 0 saturated carbocycles. The van der Waals surface area contributed by atoms with Gasteiger partial charge in [-0.15, -0.1) is 0 Å². The van der Waals surface area contributed by atoms with E-state index < -0.39 is 10.0 Å². The lowest BCUT2D eigenvalue weighted by Gasteiger charge is -2.22. The number of fused-ring (bicyclic) bond motifs is 1. The lowest BCUT2D eigenvalue weighted by molar-refractivity contribution is 0.0978. The van der Waals surface area contributed by atoms with Crippen LogP contribution in [0, 0.1) is 0 Å². The number of amides is 1. The summed E-state index contributed by atoms with van der Waals surface area (Å²) in [6, 6.07) is 11.7. The van der Waals surface area contributed by atoms with Crippen molar-refractivity contribution in [1.82, 2.24) is 14.2 Å². The number of rotatable bonds is 10. The van der Waals surface area contributed by atoms with Crippen LogP contribution in [0.3, 0.4) is 0 Å². The standard InChI is InChI=1S/C25H32N4O5S2/c1-27(2)13-14-29(25-26-22-12-9-19(33-4)16-23(22)35-25)24(30)18-7-10-21(11-8-18)36(31,32)28(3)17-20-6-5-15-34-20/h7-12,16,20H,5-6,13-15,17H2,1-4H3. The summed E-state index contributed by atoms with van der Waals surface area (Å²) in [4.78, 5) is 22.0. The lowest BCUT2D eigenvalue weighted by Crippen LogP contribution is -2.37. The summed E-state index contributed by atoms with van der Waals surface area (Å²) >= 11 is 1.42. The number of carbonyl (C=O) groups is 1. The summed E-state index contributed by atoms with van der Waals surface area (Å²) in [5, 5.41) is 0.582. The quantitative estimate of drug-likeness (QED) is 0.396. The number of carbonyl (C=O) groups excluding carboxylic acids is 1. The minimum Gasteiger partial charge on any atom is -0.497 e. The molecule has 1 fully saturated rings. The Balaban J connectivity index is 1.57. The molecule has 0 spiro atoms. The summed E-state index contributed by atoms with van der Waals surface area (Å²) in [6.07, 6.45) is 1.72. The van der Waals surface area contributed by atoms with Crippen LogP contribution in [-0.2, 0) is 14.8 Å². The van der Waals surface area contributed by atoms with E-state index in [2.05, 4.69) is 4.98 Å². The Bertz CT molecular complexity index is 1300. The Hall–Kier alpha value is -2.57. The number of ether oxygens (including phenoxy) is 2. The van der Waals surface area contributed by atoms with Gasteiger partial charge >= 0.3 is 0 Å². The number of anilines is 1. The predicted octanol–water partition coefficient (Wildman–Crippen LogP) is 3.31. The van der Waals surface area contributed by atoms with Crippen LogP contribution < -0.4 is 9.64 Å².